The maximum Gasteiger partial charge on any atom is 0.238 e. The molecule has 2 aromatic carbocycles. The minimum Gasteiger partial charge on any atom is -0.399 e. The van der Waals surface area contributed by atoms with Crippen molar-refractivity contribution in [2.75, 3.05) is 5.73 Å². The third kappa shape index (κ3) is 3.12. The molecular formula is C13H13FN2O2S2. The first-order valence-electron chi connectivity index (χ1n) is 5.64. The highest BCUT2D eigenvalue weighted by atomic mass is 32.2. The zero-order valence-electron chi connectivity index (χ0n) is 10.6. The van der Waals surface area contributed by atoms with E-state index in [9.17, 15) is 12.8 Å². The molecule has 7 heteroatoms. The molecule has 0 amide bonds. The highest BCUT2D eigenvalue weighted by Gasteiger charge is 2.17. The second-order valence-electron chi connectivity index (χ2n) is 4.22. The van der Waals surface area contributed by atoms with Crippen LogP contribution in [0, 0.1) is 12.7 Å². The highest BCUT2D eigenvalue weighted by Crippen LogP contribution is 2.35. The first-order chi connectivity index (χ1) is 9.29. The first kappa shape index (κ1) is 14.8. The summed E-state index contributed by atoms with van der Waals surface area (Å²) >= 11 is 1.11. The summed E-state index contributed by atoms with van der Waals surface area (Å²) in [5.74, 6) is -0.378. The summed E-state index contributed by atoms with van der Waals surface area (Å²) in [6.45, 7) is 1.61. The van der Waals surface area contributed by atoms with Crippen molar-refractivity contribution in [3.05, 3.63) is 47.8 Å². The number of hydrogen-bond donors (Lipinski definition) is 2. The van der Waals surface area contributed by atoms with Crippen molar-refractivity contribution in [2.45, 2.75) is 21.6 Å². The quantitative estimate of drug-likeness (QED) is 0.853. The Morgan fingerprint density at radius 2 is 1.80 bits per heavy atom. The number of rotatable bonds is 3. The van der Waals surface area contributed by atoms with Crippen LogP contribution < -0.4 is 10.9 Å². The van der Waals surface area contributed by atoms with Crippen molar-refractivity contribution >= 4 is 27.5 Å². The summed E-state index contributed by atoms with van der Waals surface area (Å²) in [7, 11) is -3.87. The van der Waals surface area contributed by atoms with Crippen LogP contribution in [0.4, 0.5) is 10.1 Å². The standard InChI is InChI=1S/C13H13FN2O2S2/c1-8-12(19-11-5-3-2-4-10(11)14)6-9(15)7-13(8)20(16,17)18/h2-7H,15H2,1H3,(H2,16,17,18). The maximum atomic E-state index is 13.6. The summed E-state index contributed by atoms with van der Waals surface area (Å²) in [4.78, 5) is 0.900. The molecule has 0 spiro atoms. The molecule has 0 aliphatic carbocycles. The Bertz CT molecular complexity index is 761. The molecule has 4 N–H and O–H groups in total. The van der Waals surface area contributed by atoms with Gasteiger partial charge in [-0.25, -0.2) is 17.9 Å². The second-order valence-corrected chi connectivity index (χ2v) is 6.83. The molecular weight excluding hydrogens is 299 g/mol. The lowest BCUT2D eigenvalue weighted by atomic mass is 10.2. The largest absolute Gasteiger partial charge is 0.399 e. The number of primary sulfonamides is 1. The molecule has 0 aromatic heterocycles. The van der Waals surface area contributed by atoms with Gasteiger partial charge in [0.15, 0.2) is 0 Å². The number of benzene rings is 2. The predicted octanol–water partition coefficient (Wildman–Crippen LogP) is 2.51. The van der Waals surface area contributed by atoms with Crippen molar-refractivity contribution < 1.29 is 12.8 Å². The summed E-state index contributed by atoms with van der Waals surface area (Å²) < 4.78 is 36.7. The van der Waals surface area contributed by atoms with Crippen LogP contribution in [0.15, 0.2) is 51.1 Å². The van der Waals surface area contributed by atoms with Crippen LogP contribution in [0.25, 0.3) is 0 Å². The average molecular weight is 312 g/mol. The minimum atomic E-state index is -3.87. The molecule has 0 bridgehead atoms. The third-order valence-corrected chi connectivity index (χ3v) is 4.93. The van der Waals surface area contributed by atoms with Gasteiger partial charge in [0.2, 0.25) is 10.0 Å². The summed E-state index contributed by atoms with van der Waals surface area (Å²) in [6, 6.07) is 9.13. The van der Waals surface area contributed by atoms with E-state index in [1.165, 1.54) is 12.1 Å². The van der Waals surface area contributed by atoms with E-state index in [0.29, 0.717) is 15.4 Å². The molecule has 20 heavy (non-hydrogen) atoms. The van der Waals surface area contributed by atoms with Crippen LogP contribution in [-0.4, -0.2) is 8.42 Å². The van der Waals surface area contributed by atoms with E-state index in [-0.39, 0.29) is 16.4 Å². The number of nitrogens with two attached hydrogens (primary N) is 2. The maximum absolute atomic E-state index is 13.6. The van der Waals surface area contributed by atoms with Crippen LogP contribution in [-0.2, 0) is 10.0 Å². The lowest BCUT2D eigenvalue weighted by molar-refractivity contribution is 0.597. The zero-order valence-corrected chi connectivity index (χ0v) is 12.3. The Kier molecular flexibility index (Phi) is 4.03. The Hall–Kier alpha value is -1.57. The molecule has 0 aliphatic rings. The van der Waals surface area contributed by atoms with Crippen molar-refractivity contribution in [1.29, 1.82) is 0 Å². The SMILES string of the molecule is Cc1c(Sc2ccccc2F)cc(N)cc1S(N)(=O)=O. The normalized spacial score (nSPS) is 11.6. The topological polar surface area (TPSA) is 86.2 Å². The number of nitrogen functional groups attached to an aromatic ring is 1. The van der Waals surface area contributed by atoms with Crippen LogP contribution in [0.2, 0.25) is 0 Å². The molecule has 2 rings (SSSR count). The molecule has 0 radical (unpaired) electrons. The molecule has 106 valence electrons. The van der Waals surface area contributed by atoms with Gasteiger partial charge in [0.1, 0.15) is 5.82 Å². The number of halogens is 1. The van der Waals surface area contributed by atoms with Crippen molar-refractivity contribution in [1.82, 2.24) is 0 Å². The van der Waals surface area contributed by atoms with Gasteiger partial charge in [-0.15, -0.1) is 0 Å². The number of sulfonamides is 1. The van der Waals surface area contributed by atoms with Crippen molar-refractivity contribution in [3.63, 3.8) is 0 Å². The van der Waals surface area contributed by atoms with Gasteiger partial charge in [0.25, 0.3) is 0 Å². The van der Waals surface area contributed by atoms with Gasteiger partial charge >= 0.3 is 0 Å². The van der Waals surface area contributed by atoms with Gasteiger partial charge in [-0.2, -0.15) is 0 Å². The molecule has 0 unspecified atom stereocenters. The van der Waals surface area contributed by atoms with Crippen LogP contribution >= 0.6 is 11.8 Å². The summed E-state index contributed by atoms with van der Waals surface area (Å²) in [5, 5.41) is 5.15. The summed E-state index contributed by atoms with van der Waals surface area (Å²) in [6.07, 6.45) is 0. The highest BCUT2D eigenvalue weighted by molar-refractivity contribution is 7.99. The number of anilines is 1. The average Bonchev–Trinajstić information content (AvgIpc) is 2.34. The fourth-order valence-corrected chi connectivity index (χ4v) is 3.64. The third-order valence-electron chi connectivity index (χ3n) is 2.70. The van der Waals surface area contributed by atoms with Crippen molar-refractivity contribution in [2.24, 2.45) is 5.14 Å². The Morgan fingerprint density at radius 1 is 1.15 bits per heavy atom. The zero-order chi connectivity index (χ0) is 14.9. The van der Waals surface area contributed by atoms with Gasteiger partial charge < -0.3 is 5.73 Å². The minimum absolute atomic E-state index is 0.0451. The predicted molar refractivity (Wildman–Crippen MR) is 77.5 cm³/mol. The van der Waals surface area contributed by atoms with Gasteiger partial charge in [0.05, 0.1) is 4.90 Å². The molecule has 4 nitrogen and oxygen atoms in total. The van der Waals surface area contributed by atoms with Crippen LogP contribution in [0.1, 0.15) is 5.56 Å². The molecule has 0 saturated heterocycles. The summed E-state index contributed by atoms with van der Waals surface area (Å²) in [5.41, 5.74) is 6.41. The molecule has 0 atom stereocenters. The van der Waals surface area contributed by atoms with E-state index in [0.717, 1.165) is 11.8 Å². The van der Waals surface area contributed by atoms with Gasteiger partial charge in [-0.1, -0.05) is 23.9 Å². The van der Waals surface area contributed by atoms with Gasteiger partial charge in [-0.05, 0) is 36.8 Å². The van der Waals surface area contributed by atoms with Crippen LogP contribution in [0.3, 0.4) is 0 Å². The first-order valence-corrected chi connectivity index (χ1v) is 8.00. The molecule has 0 fully saturated rings. The smallest absolute Gasteiger partial charge is 0.238 e. The second kappa shape index (κ2) is 5.43. The molecule has 0 heterocycles. The lowest BCUT2D eigenvalue weighted by Crippen LogP contribution is -2.14. The van der Waals surface area contributed by atoms with E-state index < -0.39 is 10.0 Å². The van der Waals surface area contributed by atoms with Crippen molar-refractivity contribution in [3.8, 4) is 0 Å². The molecule has 0 saturated carbocycles. The van der Waals surface area contributed by atoms with Crippen LogP contribution in [0.5, 0.6) is 0 Å². The van der Waals surface area contributed by atoms with E-state index >= 15 is 0 Å². The lowest BCUT2D eigenvalue weighted by Gasteiger charge is -2.11. The van der Waals surface area contributed by atoms with E-state index in [4.69, 9.17) is 10.9 Å². The Morgan fingerprint density at radius 3 is 2.40 bits per heavy atom. The molecule has 0 aliphatic heterocycles. The fourth-order valence-electron chi connectivity index (χ4n) is 1.73. The van der Waals surface area contributed by atoms with E-state index in [1.807, 2.05) is 0 Å². The number of hydrogen-bond acceptors (Lipinski definition) is 4. The molecule has 2 aromatic rings. The van der Waals surface area contributed by atoms with Gasteiger partial charge in [0, 0.05) is 15.5 Å². The fraction of sp³-hybridized carbons (Fsp3) is 0.0769. The Balaban J connectivity index is 2.54. The Labute approximate surface area is 121 Å². The van der Waals surface area contributed by atoms with E-state index in [2.05, 4.69) is 0 Å². The monoisotopic (exact) mass is 312 g/mol. The van der Waals surface area contributed by atoms with E-state index in [1.54, 1.807) is 31.2 Å². The van der Waals surface area contributed by atoms with Gasteiger partial charge in [-0.3, -0.25) is 0 Å².